The lowest BCUT2D eigenvalue weighted by atomic mass is 10.2. The number of aliphatic imine (C=N–C) groups is 1. The van der Waals surface area contributed by atoms with E-state index in [0.717, 1.165) is 76.3 Å². The van der Waals surface area contributed by atoms with Gasteiger partial charge in [-0.2, -0.15) is 0 Å². The summed E-state index contributed by atoms with van der Waals surface area (Å²) in [5.74, 6) is 2.55. The van der Waals surface area contributed by atoms with Crippen molar-refractivity contribution in [2.24, 2.45) is 4.99 Å². The molecule has 1 aliphatic rings. The molecule has 0 bridgehead atoms. The number of nitrogens with zero attached hydrogens (tertiary/aromatic N) is 3. The normalized spacial score (nSPS) is 16.8. The summed E-state index contributed by atoms with van der Waals surface area (Å²) in [6.07, 6.45) is 1.10. The summed E-state index contributed by atoms with van der Waals surface area (Å²) in [5.41, 5.74) is 1.20. The maximum atomic E-state index is 5.39. The lowest BCUT2D eigenvalue weighted by Crippen LogP contribution is -2.45. The standard InChI is InChI=1S/C22H39N5O3.HI/c1-6-23-22(24-8-10-26(2)11-12-28-3)25-19-7-9-27(17-19)16-18-13-20(29-4)15-21(14-18)30-5;/h13-15,19H,6-12,16-17H2,1-5H3,(H2,23,24,25);1H. The second-order valence-corrected chi connectivity index (χ2v) is 7.64. The summed E-state index contributed by atoms with van der Waals surface area (Å²) in [5, 5.41) is 6.96. The third kappa shape index (κ3) is 10.2. The van der Waals surface area contributed by atoms with Crippen molar-refractivity contribution >= 4 is 29.9 Å². The average molecular weight is 549 g/mol. The SMILES string of the molecule is CCNC(=NCCN(C)CCOC)NC1CCN(Cc2cc(OC)cc(OC)c2)C1.I. The monoisotopic (exact) mass is 549 g/mol. The maximum Gasteiger partial charge on any atom is 0.191 e. The Labute approximate surface area is 204 Å². The van der Waals surface area contributed by atoms with Crippen molar-refractivity contribution in [1.82, 2.24) is 20.4 Å². The molecule has 1 aromatic rings. The molecule has 0 aromatic heterocycles. The van der Waals surface area contributed by atoms with E-state index >= 15 is 0 Å². The van der Waals surface area contributed by atoms with Crippen molar-refractivity contribution in [3.63, 3.8) is 0 Å². The first kappa shape index (κ1) is 27.7. The number of rotatable bonds is 12. The van der Waals surface area contributed by atoms with Crippen LogP contribution in [0.3, 0.4) is 0 Å². The first-order chi connectivity index (χ1) is 14.6. The summed E-state index contributed by atoms with van der Waals surface area (Å²) in [4.78, 5) is 9.42. The quantitative estimate of drug-likeness (QED) is 0.235. The van der Waals surface area contributed by atoms with Crippen molar-refractivity contribution in [2.75, 3.05) is 74.3 Å². The number of methoxy groups -OCH3 is 3. The van der Waals surface area contributed by atoms with Gasteiger partial charge in [-0.25, -0.2) is 0 Å². The van der Waals surface area contributed by atoms with Gasteiger partial charge in [0.1, 0.15) is 11.5 Å². The minimum absolute atomic E-state index is 0. The Kier molecular flexibility index (Phi) is 13.9. The first-order valence-electron chi connectivity index (χ1n) is 10.7. The van der Waals surface area contributed by atoms with Gasteiger partial charge in [-0.05, 0) is 38.1 Å². The fraction of sp³-hybridized carbons (Fsp3) is 0.682. The first-order valence-corrected chi connectivity index (χ1v) is 10.7. The number of ether oxygens (including phenoxy) is 3. The third-order valence-electron chi connectivity index (χ3n) is 5.20. The molecular weight excluding hydrogens is 509 g/mol. The van der Waals surface area contributed by atoms with Gasteiger partial charge in [0, 0.05) is 58.5 Å². The van der Waals surface area contributed by atoms with Gasteiger partial charge < -0.3 is 29.7 Å². The van der Waals surface area contributed by atoms with Gasteiger partial charge >= 0.3 is 0 Å². The van der Waals surface area contributed by atoms with Gasteiger partial charge in [-0.3, -0.25) is 9.89 Å². The zero-order chi connectivity index (χ0) is 21.8. The molecule has 8 nitrogen and oxygen atoms in total. The van der Waals surface area contributed by atoms with Gasteiger partial charge in [0.25, 0.3) is 0 Å². The molecule has 1 unspecified atom stereocenters. The number of likely N-dealkylation sites (tertiary alicyclic amines) is 1. The summed E-state index contributed by atoms with van der Waals surface area (Å²) in [7, 11) is 7.20. The summed E-state index contributed by atoms with van der Waals surface area (Å²) < 4.78 is 15.9. The predicted molar refractivity (Wildman–Crippen MR) is 137 cm³/mol. The Balaban J connectivity index is 0.00000480. The summed E-state index contributed by atoms with van der Waals surface area (Å²) in [6.45, 7) is 9.20. The molecule has 31 heavy (non-hydrogen) atoms. The number of benzene rings is 1. The number of hydrogen-bond donors (Lipinski definition) is 2. The van der Waals surface area contributed by atoms with Gasteiger partial charge in [-0.1, -0.05) is 0 Å². The van der Waals surface area contributed by atoms with Crippen molar-refractivity contribution < 1.29 is 14.2 Å². The van der Waals surface area contributed by atoms with Crippen molar-refractivity contribution in [3.8, 4) is 11.5 Å². The molecular formula is C22H40IN5O3. The minimum atomic E-state index is 0. The number of guanidine groups is 1. The van der Waals surface area contributed by atoms with Crippen LogP contribution in [0.1, 0.15) is 18.9 Å². The van der Waals surface area contributed by atoms with Crippen LogP contribution in [-0.4, -0.2) is 96.1 Å². The number of likely N-dealkylation sites (N-methyl/N-ethyl adjacent to an activating group) is 1. The molecule has 2 rings (SSSR count). The highest BCUT2D eigenvalue weighted by atomic mass is 127. The fourth-order valence-electron chi connectivity index (χ4n) is 3.51. The van der Waals surface area contributed by atoms with Crippen molar-refractivity contribution in [1.29, 1.82) is 0 Å². The molecule has 2 N–H and O–H groups in total. The van der Waals surface area contributed by atoms with Crippen LogP contribution in [-0.2, 0) is 11.3 Å². The molecule has 0 radical (unpaired) electrons. The van der Waals surface area contributed by atoms with Crippen LogP contribution in [0.25, 0.3) is 0 Å². The Bertz CT molecular complexity index is 640. The molecule has 1 atom stereocenters. The van der Waals surface area contributed by atoms with Crippen LogP contribution < -0.4 is 20.1 Å². The third-order valence-corrected chi connectivity index (χ3v) is 5.20. The lowest BCUT2D eigenvalue weighted by molar-refractivity contribution is 0.163. The van der Waals surface area contributed by atoms with E-state index in [9.17, 15) is 0 Å². The largest absolute Gasteiger partial charge is 0.497 e. The Morgan fingerprint density at radius 2 is 1.87 bits per heavy atom. The molecule has 1 aromatic carbocycles. The molecule has 9 heteroatoms. The van der Waals surface area contributed by atoms with E-state index in [1.165, 1.54) is 5.56 Å². The molecule has 0 spiro atoms. The molecule has 0 saturated carbocycles. The van der Waals surface area contributed by atoms with Gasteiger partial charge in [0.15, 0.2) is 5.96 Å². The predicted octanol–water partition coefficient (Wildman–Crippen LogP) is 2.03. The molecule has 1 fully saturated rings. The maximum absolute atomic E-state index is 5.39. The molecule has 178 valence electrons. The zero-order valence-corrected chi connectivity index (χ0v) is 22.0. The Morgan fingerprint density at radius 3 is 2.48 bits per heavy atom. The van der Waals surface area contributed by atoms with Crippen molar-refractivity contribution in [3.05, 3.63) is 23.8 Å². The van der Waals surface area contributed by atoms with E-state index in [1.807, 2.05) is 6.07 Å². The van der Waals surface area contributed by atoms with E-state index in [2.05, 4.69) is 46.5 Å². The highest BCUT2D eigenvalue weighted by molar-refractivity contribution is 14.0. The van der Waals surface area contributed by atoms with Gasteiger partial charge in [0.05, 0.1) is 27.4 Å². The van der Waals surface area contributed by atoms with Crippen LogP contribution in [0.2, 0.25) is 0 Å². The minimum Gasteiger partial charge on any atom is -0.497 e. The zero-order valence-electron chi connectivity index (χ0n) is 19.6. The highest BCUT2D eigenvalue weighted by Crippen LogP contribution is 2.24. The molecule has 1 aliphatic heterocycles. The molecule has 0 aliphatic carbocycles. The number of halogens is 1. The molecule has 1 saturated heterocycles. The summed E-state index contributed by atoms with van der Waals surface area (Å²) in [6, 6.07) is 6.45. The lowest BCUT2D eigenvalue weighted by Gasteiger charge is -2.20. The molecule has 0 amide bonds. The second kappa shape index (κ2) is 15.5. The van der Waals surface area contributed by atoms with Crippen LogP contribution in [0.5, 0.6) is 11.5 Å². The number of nitrogens with one attached hydrogen (secondary N) is 2. The average Bonchev–Trinajstić information content (AvgIpc) is 3.18. The fourth-order valence-corrected chi connectivity index (χ4v) is 3.51. The van der Waals surface area contributed by atoms with E-state index < -0.39 is 0 Å². The Hall–Kier alpha value is -1.30. The highest BCUT2D eigenvalue weighted by Gasteiger charge is 2.23. The number of hydrogen-bond acceptors (Lipinski definition) is 6. The smallest absolute Gasteiger partial charge is 0.191 e. The van der Waals surface area contributed by atoms with Crippen molar-refractivity contribution in [2.45, 2.75) is 25.9 Å². The van der Waals surface area contributed by atoms with E-state index in [4.69, 9.17) is 19.2 Å². The summed E-state index contributed by atoms with van der Waals surface area (Å²) >= 11 is 0. The van der Waals surface area contributed by atoms with Gasteiger partial charge in [-0.15, -0.1) is 24.0 Å². The Morgan fingerprint density at radius 1 is 1.16 bits per heavy atom. The van der Waals surface area contributed by atoms with E-state index in [0.29, 0.717) is 6.04 Å². The van der Waals surface area contributed by atoms with Crippen LogP contribution in [0.15, 0.2) is 23.2 Å². The van der Waals surface area contributed by atoms with Crippen LogP contribution >= 0.6 is 24.0 Å². The van der Waals surface area contributed by atoms with E-state index in [1.54, 1.807) is 21.3 Å². The van der Waals surface area contributed by atoms with Gasteiger partial charge in [0.2, 0.25) is 0 Å². The van der Waals surface area contributed by atoms with E-state index in [-0.39, 0.29) is 24.0 Å². The molecule has 1 heterocycles. The second-order valence-electron chi connectivity index (χ2n) is 7.64. The van der Waals surface area contributed by atoms with Crippen LogP contribution in [0, 0.1) is 0 Å². The topological polar surface area (TPSA) is 70.6 Å². The van der Waals surface area contributed by atoms with Crippen LogP contribution in [0.4, 0.5) is 0 Å².